The van der Waals surface area contributed by atoms with Crippen molar-refractivity contribution in [3.05, 3.63) is 75.9 Å². The van der Waals surface area contributed by atoms with Gasteiger partial charge in [-0.15, -0.1) is 10.2 Å². The molecule has 0 fully saturated rings. The molecule has 0 saturated heterocycles. The van der Waals surface area contributed by atoms with Gasteiger partial charge in [0.2, 0.25) is 5.91 Å². The van der Waals surface area contributed by atoms with Crippen molar-refractivity contribution in [2.75, 3.05) is 11.1 Å². The maximum absolute atomic E-state index is 13.8. The van der Waals surface area contributed by atoms with Crippen LogP contribution in [-0.4, -0.2) is 37.3 Å². The first-order valence-corrected chi connectivity index (χ1v) is 10.4. The van der Waals surface area contributed by atoms with Crippen molar-refractivity contribution in [2.45, 2.75) is 18.1 Å². The van der Waals surface area contributed by atoms with Crippen molar-refractivity contribution in [3.63, 3.8) is 0 Å². The summed E-state index contributed by atoms with van der Waals surface area (Å²) >= 11 is 1.13. The van der Waals surface area contributed by atoms with Crippen LogP contribution >= 0.6 is 11.8 Å². The molecule has 0 bridgehead atoms. The molecular formula is C20H19FN6O4S. The van der Waals surface area contributed by atoms with Crippen molar-refractivity contribution in [3.8, 4) is 0 Å². The van der Waals surface area contributed by atoms with Gasteiger partial charge < -0.3 is 15.2 Å². The molecule has 2 N–H and O–H groups in total. The van der Waals surface area contributed by atoms with Crippen molar-refractivity contribution in [2.24, 2.45) is 7.05 Å². The quantitative estimate of drug-likeness (QED) is 0.301. The first-order chi connectivity index (χ1) is 15.3. The lowest BCUT2D eigenvalue weighted by Crippen LogP contribution is -2.29. The Morgan fingerprint density at radius 1 is 1.19 bits per heavy atom. The van der Waals surface area contributed by atoms with Gasteiger partial charge in [-0.25, -0.2) is 4.39 Å². The number of hydrogen-bond donors (Lipinski definition) is 2. The van der Waals surface area contributed by atoms with E-state index in [1.807, 2.05) is 0 Å². The van der Waals surface area contributed by atoms with Crippen molar-refractivity contribution >= 4 is 35.0 Å². The smallest absolute Gasteiger partial charge is 0.269 e. The van der Waals surface area contributed by atoms with Gasteiger partial charge in [0.15, 0.2) is 11.0 Å². The Kier molecular flexibility index (Phi) is 7.15. The van der Waals surface area contributed by atoms with Gasteiger partial charge in [-0.3, -0.25) is 19.7 Å². The maximum atomic E-state index is 13.8. The van der Waals surface area contributed by atoms with E-state index in [1.54, 1.807) is 24.6 Å². The third kappa shape index (κ3) is 5.46. The van der Waals surface area contributed by atoms with E-state index >= 15 is 0 Å². The highest BCUT2D eigenvalue weighted by atomic mass is 32.2. The number of carbonyl (C=O) groups is 2. The summed E-state index contributed by atoms with van der Waals surface area (Å²) in [5.74, 6) is -1.05. The number of thioether (sulfide) groups is 1. The van der Waals surface area contributed by atoms with Crippen LogP contribution in [0, 0.1) is 15.9 Å². The van der Waals surface area contributed by atoms with E-state index in [0.29, 0.717) is 16.7 Å². The molecule has 3 rings (SSSR count). The van der Waals surface area contributed by atoms with Crippen LogP contribution in [0.1, 0.15) is 29.1 Å². The van der Waals surface area contributed by atoms with E-state index in [2.05, 4.69) is 20.8 Å². The number of nitrogens with zero attached hydrogens (tertiary/aromatic N) is 4. The molecule has 166 valence electrons. The van der Waals surface area contributed by atoms with Gasteiger partial charge in [-0.1, -0.05) is 23.9 Å². The van der Waals surface area contributed by atoms with Gasteiger partial charge in [0.25, 0.3) is 11.6 Å². The molecular weight excluding hydrogens is 439 g/mol. The van der Waals surface area contributed by atoms with E-state index in [-0.39, 0.29) is 22.9 Å². The molecule has 0 aliphatic rings. The molecule has 1 atom stereocenters. The number of anilines is 1. The first kappa shape index (κ1) is 22.9. The van der Waals surface area contributed by atoms with Crippen LogP contribution in [0.3, 0.4) is 0 Å². The summed E-state index contributed by atoms with van der Waals surface area (Å²) in [7, 11) is 1.69. The molecule has 0 aliphatic carbocycles. The van der Waals surface area contributed by atoms with Crippen LogP contribution in [0.5, 0.6) is 0 Å². The predicted molar refractivity (Wildman–Crippen MR) is 116 cm³/mol. The number of nitro groups is 1. The zero-order valence-corrected chi connectivity index (χ0v) is 17.9. The number of halogens is 1. The fraction of sp³-hybridized carbons (Fsp3) is 0.200. The molecule has 0 radical (unpaired) electrons. The molecule has 1 aromatic heterocycles. The number of aromatic nitrogens is 3. The van der Waals surface area contributed by atoms with Crippen LogP contribution < -0.4 is 10.6 Å². The van der Waals surface area contributed by atoms with Gasteiger partial charge in [0.05, 0.1) is 22.3 Å². The summed E-state index contributed by atoms with van der Waals surface area (Å²) in [6.45, 7) is 1.69. The summed E-state index contributed by atoms with van der Waals surface area (Å²) in [6, 6.07) is 10.6. The second-order valence-electron chi connectivity index (χ2n) is 6.72. The molecule has 2 amide bonds. The largest absolute Gasteiger partial charge is 0.342 e. The lowest BCUT2D eigenvalue weighted by molar-refractivity contribution is -0.384. The molecule has 12 heteroatoms. The highest BCUT2D eigenvalue weighted by molar-refractivity contribution is 7.99. The van der Waals surface area contributed by atoms with Crippen molar-refractivity contribution < 1.29 is 18.9 Å². The van der Waals surface area contributed by atoms with Crippen LogP contribution in [0.15, 0.2) is 53.7 Å². The topological polar surface area (TPSA) is 132 Å². The molecule has 0 spiro atoms. The summed E-state index contributed by atoms with van der Waals surface area (Å²) in [5.41, 5.74) is 0.295. The zero-order chi connectivity index (χ0) is 23.3. The Bertz CT molecular complexity index is 1150. The third-order valence-corrected chi connectivity index (χ3v) is 5.44. The third-order valence-electron chi connectivity index (χ3n) is 4.42. The highest BCUT2D eigenvalue weighted by Gasteiger charge is 2.20. The van der Waals surface area contributed by atoms with Crippen LogP contribution in [0.4, 0.5) is 15.8 Å². The van der Waals surface area contributed by atoms with E-state index in [4.69, 9.17) is 0 Å². The van der Waals surface area contributed by atoms with Gasteiger partial charge >= 0.3 is 0 Å². The van der Waals surface area contributed by atoms with E-state index in [1.165, 1.54) is 42.5 Å². The number of hydrogen-bond acceptors (Lipinski definition) is 7. The molecule has 3 aromatic rings. The average Bonchev–Trinajstić information content (AvgIpc) is 3.13. The molecule has 2 aromatic carbocycles. The summed E-state index contributed by atoms with van der Waals surface area (Å²) in [4.78, 5) is 34.6. The number of amides is 2. The maximum Gasteiger partial charge on any atom is 0.269 e. The van der Waals surface area contributed by atoms with Gasteiger partial charge in [0.1, 0.15) is 5.82 Å². The first-order valence-electron chi connectivity index (χ1n) is 9.38. The molecule has 0 aliphatic heterocycles. The minimum absolute atomic E-state index is 0.0267. The molecule has 32 heavy (non-hydrogen) atoms. The lowest BCUT2D eigenvalue weighted by Gasteiger charge is -2.14. The van der Waals surface area contributed by atoms with Gasteiger partial charge in [-0.05, 0) is 31.2 Å². The molecule has 0 unspecified atom stereocenters. The SMILES string of the molecule is C[C@@H](NC(=O)c1ccccc1F)c1nnc(SCC(=O)Nc2ccc([N+](=O)[O-])cc2)n1C. The van der Waals surface area contributed by atoms with Crippen LogP contribution in [0.2, 0.25) is 0 Å². The Morgan fingerprint density at radius 3 is 2.53 bits per heavy atom. The second kappa shape index (κ2) is 10.0. The Labute approximate surface area is 186 Å². The minimum atomic E-state index is -0.620. The van der Waals surface area contributed by atoms with Crippen molar-refractivity contribution in [1.29, 1.82) is 0 Å². The highest BCUT2D eigenvalue weighted by Crippen LogP contribution is 2.21. The van der Waals surface area contributed by atoms with E-state index < -0.39 is 22.7 Å². The summed E-state index contributed by atoms with van der Waals surface area (Å²) in [5, 5.41) is 24.6. The average molecular weight is 458 g/mol. The second-order valence-corrected chi connectivity index (χ2v) is 7.66. The molecule has 1 heterocycles. The Morgan fingerprint density at radius 2 is 1.88 bits per heavy atom. The van der Waals surface area contributed by atoms with E-state index in [0.717, 1.165) is 11.8 Å². The Hall–Kier alpha value is -3.80. The van der Waals surface area contributed by atoms with Crippen LogP contribution in [-0.2, 0) is 11.8 Å². The lowest BCUT2D eigenvalue weighted by atomic mass is 10.2. The summed E-state index contributed by atoms with van der Waals surface area (Å²) < 4.78 is 15.4. The number of non-ortho nitro benzene ring substituents is 1. The zero-order valence-electron chi connectivity index (χ0n) is 17.1. The predicted octanol–water partition coefficient (Wildman–Crippen LogP) is 3.08. The minimum Gasteiger partial charge on any atom is -0.342 e. The normalized spacial score (nSPS) is 11.6. The number of carbonyl (C=O) groups excluding carboxylic acids is 2. The standard InChI is InChI=1S/C20H19FN6O4S/c1-12(22-19(29)15-5-3-4-6-16(15)21)18-24-25-20(26(18)2)32-11-17(28)23-13-7-9-14(10-8-13)27(30)31/h3-10,12H,11H2,1-2H3,(H,22,29)(H,23,28)/t12-/m1/s1. The molecule has 10 nitrogen and oxygen atoms in total. The monoisotopic (exact) mass is 458 g/mol. The number of benzene rings is 2. The molecule has 0 saturated carbocycles. The fourth-order valence-electron chi connectivity index (χ4n) is 2.81. The van der Waals surface area contributed by atoms with E-state index in [9.17, 15) is 24.1 Å². The number of rotatable bonds is 8. The number of nitro benzene ring substituents is 1. The number of nitrogens with one attached hydrogen (secondary N) is 2. The fourth-order valence-corrected chi connectivity index (χ4v) is 3.52. The summed E-state index contributed by atoms with van der Waals surface area (Å²) in [6.07, 6.45) is 0. The van der Waals surface area contributed by atoms with Crippen molar-refractivity contribution in [1.82, 2.24) is 20.1 Å². The van der Waals surface area contributed by atoms with Crippen LogP contribution in [0.25, 0.3) is 0 Å². The Balaban J connectivity index is 1.57. The van der Waals surface area contributed by atoms with Gasteiger partial charge in [0, 0.05) is 24.9 Å². The van der Waals surface area contributed by atoms with Gasteiger partial charge in [-0.2, -0.15) is 0 Å².